The van der Waals surface area contributed by atoms with Crippen molar-refractivity contribution in [1.82, 2.24) is 0 Å². The Bertz CT molecular complexity index is 2050. The zero-order valence-electron chi connectivity index (χ0n) is 26.6. The lowest BCUT2D eigenvalue weighted by molar-refractivity contribution is 0.599. The van der Waals surface area contributed by atoms with E-state index < -0.39 is 0 Å². The van der Waals surface area contributed by atoms with E-state index in [1.807, 2.05) is 22.7 Å². The van der Waals surface area contributed by atoms with Gasteiger partial charge in [-0.1, -0.05) is 102 Å². The van der Waals surface area contributed by atoms with Crippen LogP contribution in [0, 0.1) is 0 Å². The average Bonchev–Trinajstić information content (AvgIpc) is 3.56. The number of hydrogen-bond acceptors (Lipinski definition) is 2. The third-order valence-electron chi connectivity index (χ3n) is 9.81. The van der Waals surface area contributed by atoms with Gasteiger partial charge in [0.25, 0.3) is 0 Å². The monoisotopic (exact) mass is 614 g/mol. The second kappa shape index (κ2) is 13.6. The van der Waals surface area contributed by atoms with Crippen molar-refractivity contribution >= 4 is 84.6 Å². The van der Waals surface area contributed by atoms with Crippen molar-refractivity contribution in [2.45, 2.75) is 104 Å². The van der Waals surface area contributed by atoms with Gasteiger partial charge in [-0.25, -0.2) is 0 Å². The first kappa shape index (κ1) is 29.8. The summed E-state index contributed by atoms with van der Waals surface area (Å²) in [6.45, 7) is 4.62. The molecule has 0 N–H and O–H groups in total. The lowest BCUT2D eigenvalue weighted by Crippen LogP contribution is -1.96. The van der Waals surface area contributed by atoms with Gasteiger partial charge in [-0.3, -0.25) is 0 Å². The summed E-state index contributed by atoms with van der Waals surface area (Å²) >= 11 is 3.97. The highest BCUT2D eigenvalue weighted by molar-refractivity contribution is 7.27. The summed E-state index contributed by atoms with van der Waals surface area (Å²) < 4.78 is 5.73. The van der Waals surface area contributed by atoms with Crippen LogP contribution in [0.25, 0.3) is 61.9 Å². The molecule has 5 aromatic carbocycles. The molecular formula is C42H46S2. The molecule has 0 radical (unpaired) electrons. The molecule has 2 heteroatoms. The van der Waals surface area contributed by atoms with E-state index in [4.69, 9.17) is 0 Å². The molecule has 0 spiro atoms. The molecule has 2 aromatic heterocycles. The van der Waals surface area contributed by atoms with Crippen LogP contribution < -0.4 is 0 Å². The molecule has 0 aliphatic heterocycles. The molecule has 0 saturated carbocycles. The SMILES string of the molecule is CCCCCCCCc1cc2sc3cc4c(cc3c2cc1CCCCCCCC)sc1cc2cc3ccccc3cc2cc14. The standard InChI is InChI=1S/C42H46S2/c1-3-5-7-9-11-13-17-31-23-35-37-27-42-38(28-41(37)43-39(35)25-32(31)18-14-12-10-8-6-4-2)36-24-33-21-29-19-15-16-20-30(29)22-34(33)26-40(36)44-42/h15-16,19-28H,3-14,17-18H2,1-2H3. The number of fused-ring (bicyclic) bond motifs is 8. The maximum Gasteiger partial charge on any atom is 0.0362 e. The van der Waals surface area contributed by atoms with Crippen molar-refractivity contribution in [3.05, 3.63) is 83.9 Å². The number of thiophene rings is 2. The molecule has 2 heterocycles. The molecule has 0 aliphatic rings. The molecule has 0 atom stereocenters. The van der Waals surface area contributed by atoms with E-state index in [0.29, 0.717) is 0 Å². The summed E-state index contributed by atoms with van der Waals surface area (Å²) in [5, 5.41) is 11.1. The van der Waals surface area contributed by atoms with Crippen LogP contribution in [0.15, 0.2) is 72.8 Å². The topological polar surface area (TPSA) is 0 Å². The molecule has 44 heavy (non-hydrogen) atoms. The fraction of sp³-hybridized carbons (Fsp3) is 0.381. The number of rotatable bonds is 14. The van der Waals surface area contributed by atoms with E-state index in [2.05, 4.69) is 86.6 Å². The minimum Gasteiger partial charge on any atom is -0.135 e. The fourth-order valence-corrected chi connectivity index (χ4v) is 9.60. The van der Waals surface area contributed by atoms with Crippen molar-refractivity contribution in [2.75, 3.05) is 0 Å². The maximum atomic E-state index is 2.60. The normalized spacial score (nSPS) is 12.2. The first-order chi connectivity index (χ1) is 21.7. The van der Waals surface area contributed by atoms with Gasteiger partial charge in [0.1, 0.15) is 0 Å². The van der Waals surface area contributed by atoms with E-state index in [1.54, 1.807) is 11.1 Å². The summed E-state index contributed by atoms with van der Waals surface area (Å²) in [7, 11) is 0. The molecule has 7 rings (SSSR count). The van der Waals surface area contributed by atoms with Gasteiger partial charge in [-0.05, 0) is 107 Å². The van der Waals surface area contributed by atoms with Gasteiger partial charge < -0.3 is 0 Å². The molecule has 0 amide bonds. The summed E-state index contributed by atoms with van der Waals surface area (Å²) in [6.07, 6.45) is 18.9. The summed E-state index contributed by atoms with van der Waals surface area (Å²) in [5.74, 6) is 0. The van der Waals surface area contributed by atoms with Crippen molar-refractivity contribution in [3.63, 3.8) is 0 Å². The van der Waals surface area contributed by atoms with Crippen LogP contribution in [0.1, 0.15) is 102 Å². The molecular weight excluding hydrogens is 569 g/mol. The van der Waals surface area contributed by atoms with Crippen LogP contribution in [0.4, 0.5) is 0 Å². The largest absolute Gasteiger partial charge is 0.135 e. The number of aryl methyl sites for hydroxylation is 2. The summed E-state index contributed by atoms with van der Waals surface area (Å²) in [6, 6.07) is 28.5. The third-order valence-corrected chi connectivity index (χ3v) is 12.0. The van der Waals surface area contributed by atoms with Gasteiger partial charge in [0.05, 0.1) is 0 Å². The third kappa shape index (κ3) is 6.13. The molecule has 226 valence electrons. The second-order valence-corrected chi connectivity index (χ2v) is 15.3. The minimum atomic E-state index is 1.23. The lowest BCUT2D eigenvalue weighted by Gasteiger charge is -2.11. The van der Waals surface area contributed by atoms with Crippen molar-refractivity contribution in [2.24, 2.45) is 0 Å². The predicted octanol–water partition coefficient (Wildman–Crippen LogP) is 14.5. The van der Waals surface area contributed by atoms with Crippen molar-refractivity contribution < 1.29 is 0 Å². The van der Waals surface area contributed by atoms with Gasteiger partial charge in [0.15, 0.2) is 0 Å². The Hall–Kier alpha value is -2.94. The van der Waals surface area contributed by atoms with Gasteiger partial charge in [0, 0.05) is 40.3 Å². The van der Waals surface area contributed by atoms with Gasteiger partial charge in [0.2, 0.25) is 0 Å². The molecule has 0 bridgehead atoms. The van der Waals surface area contributed by atoms with Gasteiger partial charge in [-0.15, -0.1) is 22.7 Å². The molecule has 0 unspecified atom stereocenters. The van der Waals surface area contributed by atoms with Crippen molar-refractivity contribution in [1.29, 1.82) is 0 Å². The van der Waals surface area contributed by atoms with Crippen LogP contribution in [0.5, 0.6) is 0 Å². The second-order valence-electron chi connectivity index (χ2n) is 13.1. The van der Waals surface area contributed by atoms with Crippen molar-refractivity contribution in [3.8, 4) is 0 Å². The summed E-state index contributed by atoms with van der Waals surface area (Å²) in [4.78, 5) is 0. The van der Waals surface area contributed by atoms with E-state index in [-0.39, 0.29) is 0 Å². The maximum absolute atomic E-state index is 2.60. The number of hydrogen-bond donors (Lipinski definition) is 0. The fourth-order valence-electron chi connectivity index (χ4n) is 7.27. The Morgan fingerprint density at radius 2 is 0.818 bits per heavy atom. The minimum absolute atomic E-state index is 1.23. The molecule has 7 aromatic rings. The Labute approximate surface area is 271 Å². The van der Waals surface area contributed by atoms with E-state index in [1.165, 1.54) is 152 Å². The van der Waals surface area contributed by atoms with E-state index in [9.17, 15) is 0 Å². The Morgan fingerprint density at radius 3 is 1.41 bits per heavy atom. The molecule has 0 nitrogen and oxygen atoms in total. The van der Waals surface area contributed by atoms with Crippen LogP contribution in [0.3, 0.4) is 0 Å². The molecule has 0 fully saturated rings. The highest BCUT2D eigenvalue weighted by Crippen LogP contribution is 2.44. The Morgan fingerprint density at radius 1 is 0.386 bits per heavy atom. The van der Waals surface area contributed by atoms with Crippen LogP contribution in [-0.4, -0.2) is 0 Å². The van der Waals surface area contributed by atoms with Gasteiger partial charge >= 0.3 is 0 Å². The first-order valence-electron chi connectivity index (χ1n) is 17.4. The highest BCUT2D eigenvalue weighted by Gasteiger charge is 2.15. The Balaban J connectivity index is 1.24. The lowest BCUT2D eigenvalue weighted by atomic mass is 9.94. The van der Waals surface area contributed by atoms with Crippen LogP contribution in [-0.2, 0) is 12.8 Å². The number of benzene rings is 5. The highest BCUT2D eigenvalue weighted by atomic mass is 32.1. The average molecular weight is 615 g/mol. The van der Waals surface area contributed by atoms with Gasteiger partial charge in [-0.2, -0.15) is 0 Å². The quantitative estimate of drug-likeness (QED) is 0.0844. The molecule has 0 aliphatic carbocycles. The zero-order chi connectivity index (χ0) is 29.9. The summed E-state index contributed by atoms with van der Waals surface area (Å²) in [5.41, 5.74) is 3.25. The predicted molar refractivity (Wildman–Crippen MR) is 201 cm³/mol. The van der Waals surface area contributed by atoms with Crippen LogP contribution in [0.2, 0.25) is 0 Å². The number of unbranched alkanes of at least 4 members (excludes halogenated alkanes) is 10. The van der Waals surface area contributed by atoms with E-state index >= 15 is 0 Å². The zero-order valence-corrected chi connectivity index (χ0v) is 28.3. The smallest absolute Gasteiger partial charge is 0.0362 e. The van der Waals surface area contributed by atoms with E-state index in [0.717, 1.165) is 0 Å². The van der Waals surface area contributed by atoms with Crippen LogP contribution >= 0.6 is 22.7 Å². The molecule has 0 saturated heterocycles. The first-order valence-corrected chi connectivity index (χ1v) is 19.0. The Kier molecular flexibility index (Phi) is 9.19.